The van der Waals surface area contributed by atoms with Gasteiger partial charge in [-0.3, -0.25) is 4.79 Å². The van der Waals surface area contributed by atoms with E-state index in [1.807, 2.05) is 30.3 Å². The summed E-state index contributed by atoms with van der Waals surface area (Å²) in [5, 5.41) is 2.01. The number of carbonyl (C=O) groups is 1. The summed E-state index contributed by atoms with van der Waals surface area (Å²) in [5.74, 6) is 1.66. The molecule has 2 aromatic carbocycles. The van der Waals surface area contributed by atoms with Crippen molar-refractivity contribution in [3.63, 3.8) is 0 Å². The van der Waals surface area contributed by atoms with Crippen molar-refractivity contribution < 1.29 is 14.3 Å². The summed E-state index contributed by atoms with van der Waals surface area (Å²) in [5.41, 5.74) is 0.719. The monoisotopic (exact) mass is 314 g/mol. The minimum absolute atomic E-state index is 0.0728. The summed E-state index contributed by atoms with van der Waals surface area (Å²) in [4.78, 5) is 11.6. The maximum Gasteiger partial charge on any atom is 0.168 e. The van der Waals surface area contributed by atoms with Gasteiger partial charge in [-0.1, -0.05) is 38.8 Å². The summed E-state index contributed by atoms with van der Waals surface area (Å²) in [6.07, 6.45) is 4.22. The SMILES string of the molecule is CCCCOc1ccc2cc(C(C)=O)ccc2c1OCCCC. The molecule has 0 bridgehead atoms. The van der Waals surface area contributed by atoms with Gasteiger partial charge >= 0.3 is 0 Å². The lowest BCUT2D eigenvalue weighted by atomic mass is 10.0. The van der Waals surface area contributed by atoms with Crippen molar-refractivity contribution in [1.82, 2.24) is 0 Å². The van der Waals surface area contributed by atoms with Crippen molar-refractivity contribution in [3.8, 4) is 11.5 Å². The molecule has 3 heteroatoms. The third kappa shape index (κ3) is 4.47. The van der Waals surface area contributed by atoms with E-state index in [4.69, 9.17) is 9.47 Å². The molecule has 0 saturated heterocycles. The molecule has 0 fully saturated rings. The highest BCUT2D eigenvalue weighted by atomic mass is 16.5. The normalized spacial score (nSPS) is 10.7. The van der Waals surface area contributed by atoms with E-state index in [1.54, 1.807) is 6.92 Å². The predicted molar refractivity (Wildman–Crippen MR) is 94.8 cm³/mol. The van der Waals surface area contributed by atoms with Gasteiger partial charge in [0, 0.05) is 10.9 Å². The van der Waals surface area contributed by atoms with Gasteiger partial charge in [0.05, 0.1) is 13.2 Å². The van der Waals surface area contributed by atoms with Crippen LogP contribution in [0.4, 0.5) is 0 Å². The molecule has 0 unspecified atom stereocenters. The maximum atomic E-state index is 11.6. The Balaban J connectivity index is 2.37. The summed E-state index contributed by atoms with van der Waals surface area (Å²) in [6, 6.07) is 9.67. The van der Waals surface area contributed by atoms with E-state index in [0.29, 0.717) is 13.2 Å². The van der Waals surface area contributed by atoms with Crippen LogP contribution in [-0.2, 0) is 0 Å². The number of rotatable bonds is 9. The number of hydrogen-bond donors (Lipinski definition) is 0. The van der Waals surface area contributed by atoms with Crippen molar-refractivity contribution in [2.45, 2.75) is 46.5 Å². The van der Waals surface area contributed by atoms with Crippen LogP contribution in [0.3, 0.4) is 0 Å². The first-order chi connectivity index (χ1) is 11.2. The number of fused-ring (bicyclic) bond motifs is 1. The highest BCUT2D eigenvalue weighted by molar-refractivity contribution is 6.00. The molecular formula is C20H26O3. The number of benzene rings is 2. The van der Waals surface area contributed by atoms with Crippen LogP contribution in [0.1, 0.15) is 56.8 Å². The zero-order chi connectivity index (χ0) is 16.7. The first-order valence-corrected chi connectivity index (χ1v) is 8.50. The van der Waals surface area contributed by atoms with Crippen molar-refractivity contribution in [2.75, 3.05) is 13.2 Å². The van der Waals surface area contributed by atoms with E-state index in [0.717, 1.165) is 53.5 Å². The topological polar surface area (TPSA) is 35.5 Å². The lowest BCUT2D eigenvalue weighted by Gasteiger charge is -2.15. The molecular weight excluding hydrogens is 288 g/mol. The fraction of sp³-hybridized carbons (Fsp3) is 0.450. The molecule has 0 spiro atoms. The van der Waals surface area contributed by atoms with Gasteiger partial charge in [0.25, 0.3) is 0 Å². The standard InChI is InChI=1S/C20H26O3/c1-4-6-12-22-19-11-9-17-14-16(15(3)21)8-10-18(17)20(19)23-13-7-5-2/h8-11,14H,4-7,12-13H2,1-3H3. The Bertz CT molecular complexity index is 661. The van der Waals surface area contributed by atoms with Gasteiger partial charge in [-0.25, -0.2) is 0 Å². The van der Waals surface area contributed by atoms with Crippen molar-refractivity contribution in [3.05, 3.63) is 35.9 Å². The Morgan fingerprint density at radius 3 is 2.30 bits per heavy atom. The molecule has 2 aromatic rings. The van der Waals surface area contributed by atoms with Crippen molar-refractivity contribution >= 4 is 16.6 Å². The quantitative estimate of drug-likeness (QED) is 0.459. The van der Waals surface area contributed by atoms with Gasteiger partial charge in [-0.2, -0.15) is 0 Å². The lowest BCUT2D eigenvalue weighted by molar-refractivity contribution is 0.101. The average Bonchev–Trinajstić information content (AvgIpc) is 2.56. The first kappa shape index (κ1) is 17.3. The molecule has 0 aromatic heterocycles. The van der Waals surface area contributed by atoms with Crippen molar-refractivity contribution in [1.29, 1.82) is 0 Å². The van der Waals surface area contributed by atoms with Gasteiger partial charge in [0.2, 0.25) is 0 Å². The van der Waals surface area contributed by atoms with Crippen LogP contribution < -0.4 is 9.47 Å². The Hall–Kier alpha value is -2.03. The van der Waals surface area contributed by atoms with Gasteiger partial charge in [0.1, 0.15) is 0 Å². The Morgan fingerprint density at radius 1 is 0.957 bits per heavy atom. The summed E-state index contributed by atoms with van der Waals surface area (Å²) in [6.45, 7) is 7.24. The zero-order valence-electron chi connectivity index (χ0n) is 14.4. The van der Waals surface area contributed by atoms with E-state index in [-0.39, 0.29) is 5.78 Å². The molecule has 2 rings (SSSR count). The van der Waals surface area contributed by atoms with E-state index >= 15 is 0 Å². The fourth-order valence-electron chi connectivity index (χ4n) is 2.41. The van der Waals surface area contributed by atoms with Gasteiger partial charge in [-0.15, -0.1) is 0 Å². The molecule has 3 nitrogen and oxygen atoms in total. The van der Waals surface area contributed by atoms with E-state index < -0.39 is 0 Å². The van der Waals surface area contributed by atoms with Crippen LogP contribution in [0.25, 0.3) is 10.8 Å². The van der Waals surface area contributed by atoms with Gasteiger partial charge in [-0.05, 0) is 43.4 Å². The number of hydrogen-bond acceptors (Lipinski definition) is 3. The molecule has 124 valence electrons. The predicted octanol–water partition coefficient (Wildman–Crippen LogP) is 5.40. The van der Waals surface area contributed by atoms with Gasteiger partial charge in [0.15, 0.2) is 17.3 Å². The van der Waals surface area contributed by atoms with E-state index in [9.17, 15) is 4.79 Å². The van der Waals surface area contributed by atoms with Crippen LogP contribution in [0.2, 0.25) is 0 Å². The highest BCUT2D eigenvalue weighted by Gasteiger charge is 2.12. The number of ether oxygens (including phenoxy) is 2. The molecule has 0 heterocycles. The Morgan fingerprint density at radius 2 is 1.65 bits per heavy atom. The molecule has 0 amide bonds. The molecule has 0 atom stereocenters. The first-order valence-electron chi connectivity index (χ1n) is 8.50. The molecule has 0 aliphatic carbocycles. The summed E-state index contributed by atoms with van der Waals surface area (Å²) < 4.78 is 11.9. The summed E-state index contributed by atoms with van der Waals surface area (Å²) >= 11 is 0. The van der Waals surface area contributed by atoms with Crippen LogP contribution in [0.5, 0.6) is 11.5 Å². The molecule has 23 heavy (non-hydrogen) atoms. The molecule has 0 saturated carbocycles. The summed E-state index contributed by atoms with van der Waals surface area (Å²) in [7, 11) is 0. The number of unbranched alkanes of at least 4 members (excludes halogenated alkanes) is 2. The average molecular weight is 314 g/mol. The zero-order valence-corrected chi connectivity index (χ0v) is 14.4. The van der Waals surface area contributed by atoms with Crippen LogP contribution in [0, 0.1) is 0 Å². The highest BCUT2D eigenvalue weighted by Crippen LogP contribution is 2.36. The maximum absolute atomic E-state index is 11.6. The largest absolute Gasteiger partial charge is 0.490 e. The number of carbonyl (C=O) groups excluding carboxylic acids is 1. The Labute approximate surface area is 138 Å². The fourth-order valence-corrected chi connectivity index (χ4v) is 2.41. The molecule has 0 N–H and O–H groups in total. The smallest absolute Gasteiger partial charge is 0.168 e. The second-order valence-corrected chi connectivity index (χ2v) is 5.79. The molecule has 0 aliphatic rings. The minimum atomic E-state index is 0.0728. The van der Waals surface area contributed by atoms with Gasteiger partial charge < -0.3 is 9.47 Å². The minimum Gasteiger partial charge on any atom is -0.490 e. The van der Waals surface area contributed by atoms with Crippen LogP contribution >= 0.6 is 0 Å². The third-order valence-corrected chi connectivity index (χ3v) is 3.84. The lowest BCUT2D eigenvalue weighted by Crippen LogP contribution is -2.03. The Kier molecular flexibility index (Phi) is 6.45. The number of ketones is 1. The van der Waals surface area contributed by atoms with Crippen molar-refractivity contribution in [2.24, 2.45) is 0 Å². The van der Waals surface area contributed by atoms with Crippen LogP contribution in [0.15, 0.2) is 30.3 Å². The number of Topliss-reactive ketones (excluding diaryl/α,β-unsaturated/α-hetero) is 1. The second-order valence-electron chi connectivity index (χ2n) is 5.79. The third-order valence-electron chi connectivity index (χ3n) is 3.84. The molecule has 0 radical (unpaired) electrons. The van der Waals surface area contributed by atoms with Crippen LogP contribution in [-0.4, -0.2) is 19.0 Å². The van der Waals surface area contributed by atoms with E-state index in [2.05, 4.69) is 13.8 Å². The molecule has 0 aliphatic heterocycles. The second kappa shape index (κ2) is 8.56. The van der Waals surface area contributed by atoms with E-state index in [1.165, 1.54) is 0 Å².